The minimum absolute atomic E-state index is 0.130. The van der Waals surface area contributed by atoms with Crippen LogP contribution in [0.3, 0.4) is 0 Å². The largest absolute Gasteiger partial charge is 0.497 e. The number of thiophene rings is 1. The van der Waals surface area contributed by atoms with Gasteiger partial charge in [0.05, 0.1) is 24.7 Å². The number of pyridine rings is 1. The lowest BCUT2D eigenvalue weighted by atomic mass is 10.0. The molecule has 1 fully saturated rings. The van der Waals surface area contributed by atoms with Gasteiger partial charge in [-0.2, -0.15) is 11.3 Å². The fourth-order valence-corrected chi connectivity index (χ4v) is 4.63. The zero-order valence-corrected chi connectivity index (χ0v) is 18.6. The molecule has 6 heteroatoms. The van der Waals surface area contributed by atoms with Crippen LogP contribution < -0.4 is 4.74 Å². The Bertz CT molecular complexity index is 1250. The average Bonchev–Trinajstić information content (AvgIpc) is 3.52. The molecule has 2 heterocycles. The van der Waals surface area contributed by atoms with Crippen molar-refractivity contribution in [2.24, 2.45) is 0 Å². The maximum Gasteiger partial charge on any atom is 0.227 e. The highest BCUT2D eigenvalue weighted by molar-refractivity contribution is 7.08. The zero-order chi connectivity index (χ0) is 22.1. The van der Waals surface area contributed by atoms with Crippen LogP contribution in [0.1, 0.15) is 24.0 Å². The summed E-state index contributed by atoms with van der Waals surface area (Å²) in [4.78, 5) is 20.0. The highest BCUT2D eigenvalue weighted by Gasteiger charge is 2.33. The molecule has 4 aromatic rings. The van der Waals surface area contributed by atoms with Crippen molar-refractivity contribution < 1.29 is 13.9 Å². The number of hydrogen-bond donors (Lipinski definition) is 0. The topological polar surface area (TPSA) is 42.4 Å². The molecule has 0 unspecified atom stereocenters. The summed E-state index contributed by atoms with van der Waals surface area (Å²) in [7, 11) is 1.63. The van der Waals surface area contributed by atoms with Gasteiger partial charge in [-0.1, -0.05) is 0 Å². The summed E-state index contributed by atoms with van der Waals surface area (Å²) in [5.41, 5.74) is 4.28. The van der Waals surface area contributed by atoms with Crippen LogP contribution in [0.25, 0.3) is 22.2 Å². The van der Waals surface area contributed by atoms with E-state index in [9.17, 15) is 9.18 Å². The van der Waals surface area contributed by atoms with E-state index in [0.29, 0.717) is 18.5 Å². The van der Waals surface area contributed by atoms with E-state index in [1.807, 2.05) is 52.1 Å². The van der Waals surface area contributed by atoms with Crippen LogP contribution in [0.5, 0.6) is 5.75 Å². The number of halogens is 1. The number of carbonyl (C=O) groups excluding carboxylic acids is 1. The molecule has 0 saturated heterocycles. The van der Waals surface area contributed by atoms with Gasteiger partial charge in [0.25, 0.3) is 0 Å². The minimum atomic E-state index is -0.316. The summed E-state index contributed by atoms with van der Waals surface area (Å²) in [6.45, 7) is 0.481. The summed E-state index contributed by atoms with van der Waals surface area (Å²) in [5.74, 6) is 0.572. The number of nitrogens with zero attached hydrogens (tertiary/aromatic N) is 2. The lowest BCUT2D eigenvalue weighted by molar-refractivity contribution is -0.131. The van der Waals surface area contributed by atoms with Gasteiger partial charge >= 0.3 is 0 Å². The van der Waals surface area contributed by atoms with E-state index in [1.54, 1.807) is 24.5 Å². The van der Waals surface area contributed by atoms with Crippen LogP contribution in [-0.2, 0) is 17.8 Å². The van der Waals surface area contributed by atoms with Crippen molar-refractivity contribution in [1.82, 2.24) is 9.88 Å². The number of amides is 1. The van der Waals surface area contributed by atoms with Gasteiger partial charge in [0, 0.05) is 29.6 Å². The summed E-state index contributed by atoms with van der Waals surface area (Å²) < 4.78 is 19.2. The smallest absolute Gasteiger partial charge is 0.227 e. The Kier molecular flexibility index (Phi) is 5.62. The third kappa shape index (κ3) is 4.36. The first-order valence-corrected chi connectivity index (χ1v) is 11.6. The molecule has 0 N–H and O–H groups in total. The van der Waals surface area contributed by atoms with Gasteiger partial charge in [-0.05, 0) is 83.3 Å². The van der Waals surface area contributed by atoms with Crippen molar-refractivity contribution in [3.8, 4) is 17.0 Å². The van der Waals surface area contributed by atoms with Crippen molar-refractivity contribution >= 4 is 28.1 Å². The molecule has 1 amide bonds. The van der Waals surface area contributed by atoms with Gasteiger partial charge < -0.3 is 9.64 Å². The van der Waals surface area contributed by atoms with Gasteiger partial charge in [-0.25, -0.2) is 9.37 Å². The number of ether oxygens (including phenoxy) is 1. The summed E-state index contributed by atoms with van der Waals surface area (Å²) in [6, 6.07) is 16.6. The third-order valence-electron chi connectivity index (χ3n) is 5.81. The van der Waals surface area contributed by atoms with Crippen molar-refractivity contribution in [2.45, 2.75) is 31.8 Å². The summed E-state index contributed by atoms with van der Waals surface area (Å²) in [6.07, 6.45) is 2.46. The van der Waals surface area contributed by atoms with Crippen LogP contribution in [-0.4, -0.2) is 28.9 Å². The summed E-state index contributed by atoms with van der Waals surface area (Å²) >= 11 is 1.60. The first-order valence-electron chi connectivity index (χ1n) is 10.6. The molecular formula is C26H23FN2O2S. The van der Waals surface area contributed by atoms with E-state index < -0.39 is 0 Å². The first-order chi connectivity index (χ1) is 15.6. The van der Waals surface area contributed by atoms with Gasteiger partial charge in [-0.3, -0.25) is 4.79 Å². The van der Waals surface area contributed by atoms with Gasteiger partial charge in [0.2, 0.25) is 5.91 Å². The van der Waals surface area contributed by atoms with Crippen LogP contribution in [0.2, 0.25) is 0 Å². The second kappa shape index (κ2) is 8.71. The van der Waals surface area contributed by atoms with Crippen LogP contribution in [0, 0.1) is 5.82 Å². The molecule has 0 bridgehead atoms. The fourth-order valence-electron chi connectivity index (χ4n) is 3.96. The van der Waals surface area contributed by atoms with Crippen molar-refractivity contribution in [3.63, 3.8) is 0 Å². The predicted molar refractivity (Wildman–Crippen MR) is 125 cm³/mol. The predicted octanol–water partition coefficient (Wildman–Crippen LogP) is 5.84. The van der Waals surface area contributed by atoms with E-state index in [-0.39, 0.29) is 17.8 Å². The monoisotopic (exact) mass is 446 g/mol. The van der Waals surface area contributed by atoms with Gasteiger partial charge in [0.1, 0.15) is 11.6 Å². The molecule has 1 aliphatic rings. The lowest BCUT2D eigenvalue weighted by Gasteiger charge is -2.24. The average molecular weight is 447 g/mol. The molecule has 0 aliphatic heterocycles. The maximum absolute atomic E-state index is 13.9. The highest BCUT2D eigenvalue weighted by Crippen LogP contribution is 2.33. The molecule has 162 valence electrons. The number of fused-ring (bicyclic) bond motifs is 1. The molecule has 2 aromatic carbocycles. The molecule has 1 aliphatic carbocycles. The molecule has 0 radical (unpaired) electrons. The number of aromatic nitrogens is 1. The number of methoxy groups -OCH3 is 1. The fraction of sp³-hybridized carbons (Fsp3) is 0.231. The number of carbonyl (C=O) groups is 1. The van der Waals surface area contributed by atoms with E-state index >= 15 is 0 Å². The number of rotatable bonds is 7. The standard InChI is InChI=1S/C26H23FN2O2S/c1-31-23-8-3-18(4-9-23)26-20(13-19-2-5-21(27)14-24(19)28-26)15-29(22-6-7-22)25(30)12-17-10-11-32-16-17/h2-5,8-11,13-14,16,22H,6-7,12,15H2,1H3. The number of benzene rings is 2. The zero-order valence-electron chi connectivity index (χ0n) is 17.8. The second-order valence-electron chi connectivity index (χ2n) is 8.12. The van der Waals surface area contributed by atoms with E-state index in [1.165, 1.54) is 12.1 Å². The molecule has 32 heavy (non-hydrogen) atoms. The minimum Gasteiger partial charge on any atom is -0.497 e. The molecule has 1 saturated carbocycles. The Morgan fingerprint density at radius 3 is 2.66 bits per heavy atom. The Hall–Kier alpha value is -3.25. The van der Waals surface area contributed by atoms with E-state index in [2.05, 4.69) is 0 Å². The molecule has 0 atom stereocenters. The Morgan fingerprint density at radius 2 is 1.97 bits per heavy atom. The first kappa shape index (κ1) is 20.6. The maximum atomic E-state index is 13.9. The Balaban J connectivity index is 1.54. The Labute approximate surface area is 190 Å². The van der Waals surface area contributed by atoms with Crippen LogP contribution >= 0.6 is 11.3 Å². The molecule has 0 spiro atoms. The van der Waals surface area contributed by atoms with E-state index in [0.717, 1.165) is 46.4 Å². The number of hydrogen-bond acceptors (Lipinski definition) is 4. The van der Waals surface area contributed by atoms with Gasteiger partial charge in [-0.15, -0.1) is 0 Å². The van der Waals surface area contributed by atoms with Gasteiger partial charge in [0.15, 0.2) is 0 Å². The third-order valence-corrected chi connectivity index (χ3v) is 6.54. The normalized spacial score (nSPS) is 13.3. The van der Waals surface area contributed by atoms with Crippen LogP contribution in [0.15, 0.2) is 65.4 Å². The van der Waals surface area contributed by atoms with Crippen molar-refractivity contribution in [3.05, 3.63) is 82.3 Å². The second-order valence-corrected chi connectivity index (χ2v) is 8.90. The quantitative estimate of drug-likeness (QED) is 0.358. The van der Waals surface area contributed by atoms with Crippen molar-refractivity contribution in [1.29, 1.82) is 0 Å². The highest BCUT2D eigenvalue weighted by atomic mass is 32.1. The molecule has 5 rings (SSSR count). The van der Waals surface area contributed by atoms with E-state index in [4.69, 9.17) is 9.72 Å². The van der Waals surface area contributed by atoms with Crippen LogP contribution in [0.4, 0.5) is 4.39 Å². The lowest BCUT2D eigenvalue weighted by Crippen LogP contribution is -2.34. The molecule has 4 nitrogen and oxygen atoms in total. The molecular weight excluding hydrogens is 423 g/mol. The van der Waals surface area contributed by atoms with Crippen molar-refractivity contribution in [2.75, 3.05) is 7.11 Å². The molecule has 2 aromatic heterocycles. The summed E-state index contributed by atoms with van der Waals surface area (Å²) in [5, 5.41) is 4.88. The SMILES string of the molecule is COc1ccc(-c2nc3cc(F)ccc3cc2CN(C(=O)Cc2ccsc2)C2CC2)cc1. The Morgan fingerprint density at radius 1 is 1.16 bits per heavy atom.